The van der Waals surface area contributed by atoms with E-state index in [1.807, 2.05) is 26.0 Å². The molecule has 126 valence electrons. The molecule has 0 spiro atoms. The van der Waals surface area contributed by atoms with Gasteiger partial charge >= 0.3 is 0 Å². The summed E-state index contributed by atoms with van der Waals surface area (Å²) < 4.78 is 5.39. The van der Waals surface area contributed by atoms with Crippen LogP contribution in [0.15, 0.2) is 42.0 Å². The number of hydrogen-bond acceptors (Lipinski definition) is 4. The third kappa shape index (κ3) is 4.32. The molecule has 0 saturated heterocycles. The van der Waals surface area contributed by atoms with Gasteiger partial charge in [-0.2, -0.15) is 0 Å². The van der Waals surface area contributed by atoms with E-state index < -0.39 is 0 Å². The zero-order valence-corrected chi connectivity index (χ0v) is 14.1. The summed E-state index contributed by atoms with van der Waals surface area (Å²) in [7, 11) is 1.57. The second-order valence-electron chi connectivity index (χ2n) is 5.78. The van der Waals surface area contributed by atoms with Crippen LogP contribution in [0.2, 0.25) is 0 Å². The Bertz CT molecular complexity index is 784. The number of ether oxygens (including phenoxy) is 1. The van der Waals surface area contributed by atoms with Gasteiger partial charge in [-0.15, -0.1) is 0 Å². The van der Waals surface area contributed by atoms with Gasteiger partial charge in [0.1, 0.15) is 23.0 Å². The maximum Gasteiger partial charge on any atom is 0.126 e. The first-order chi connectivity index (χ1) is 11.4. The van der Waals surface area contributed by atoms with E-state index in [4.69, 9.17) is 4.74 Å². The van der Waals surface area contributed by atoms with Crippen molar-refractivity contribution in [1.29, 1.82) is 0 Å². The van der Waals surface area contributed by atoms with Gasteiger partial charge in [0.25, 0.3) is 0 Å². The molecule has 0 aliphatic carbocycles. The highest BCUT2D eigenvalue weighted by Gasteiger charge is 2.09. The number of methoxy groups -OCH3 is 1. The van der Waals surface area contributed by atoms with Crippen molar-refractivity contribution in [1.82, 2.24) is 0 Å². The van der Waals surface area contributed by atoms with Crippen LogP contribution in [0.1, 0.15) is 30.5 Å². The third-order valence-electron chi connectivity index (χ3n) is 3.61. The Morgan fingerprint density at radius 2 is 1.75 bits per heavy atom. The predicted octanol–water partition coefficient (Wildman–Crippen LogP) is 4.49. The lowest BCUT2D eigenvalue weighted by Crippen LogP contribution is -1.93. The normalized spacial score (nSPS) is 10.8. The van der Waals surface area contributed by atoms with Crippen LogP contribution < -0.4 is 4.74 Å². The van der Waals surface area contributed by atoms with E-state index in [0.29, 0.717) is 17.7 Å². The number of phenolic OH excluding ortho intramolecular Hbond substituents is 3. The molecule has 24 heavy (non-hydrogen) atoms. The molecule has 2 aromatic carbocycles. The molecule has 0 bridgehead atoms. The quantitative estimate of drug-likeness (QED) is 0.559. The first-order valence-corrected chi connectivity index (χ1v) is 7.64. The zero-order valence-electron chi connectivity index (χ0n) is 14.1. The number of benzene rings is 2. The number of phenols is 3. The largest absolute Gasteiger partial charge is 0.508 e. The van der Waals surface area contributed by atoms with E-state index in [2.05, 4.69) is 0 Å². The van der Waals surface area contributed by atoms with Crippen molar-refractivity contribution in [3.05, 3.63) is 58.7 Å². The number of aromatic hydroxyl groups is 3. The molecular formula is C20H22O4. The van der Waals surface area contributed by atoms with E-state index in [-0.39, 0.29) is 17.2 Å². The molecule has 2 aromatic rings. The van der Waals surface area contributed by atoms with E-state index in [1.54, 1.807) is 31.4 Å². The van der Waals surface area contributed by atoms with Crippen LogP contribution in [0, 0.1) is 0 Å². The van der Waals surface area contributed by atoms with Crippen molar-refractivity contribution < 1.29 is 20.1 Å². The summed E-state index contributed by atoms with van der Waals surface area (Å²) in [4.78, 5) is 0. The molecule has 0 aromatic heterocycles. The molecular weight excluding hydrogens is 304 g/mol. The molecule has 0 fully saturated rings. The minimum Gasteiger partial charge on any atom is -0.508 e. The molecule has 2 rings (SSSR count). The molecule has 0 aliphatic heterocycles. The topological polar surface area (TPSA) is 69.9 Å². The molecule has 0 amide bonds. The first kappa shape index (κ1) is 17.5. The lowest BCUT2D eigenvalue weighted by atomic mass is 10.0. The fourth-order valence-corrected chi connectivity index (χ4v) is 2.30. The number of rotatable bonds is 5. The van der Waals surface area contributed by atoms with Gasteiger partial charge in [0.15, 0.2) is 0 Å². The van der Waals surface area contributed by atoms with Crippen LogP contribution in [0.25, 0.3) is 12.2 Å². The van der Waals surface area contributed by atoms with Crippen molar-refractivity contribution in [2.75, 3.05) is 7.11 Å². The van der Waals surface area contributed by atoms with Crippen LogP contribution in [0.4, 0.5) is 0 Å². The van der Waals surface area contributed by atoms with Crippen molar-refractivity contribution in [2.45, 2.75) is 20.3 Å². The lowest BCUT2D eigenvalue weighted by Gasteiger charge is -2.11. The molecule has 0 unspecified atom stereocenters. The van der Waals surface area contributed by atoms with Crippen LogP contribution in [0.5, 0.6) is 23.0 Å². The highest BCUT2D eigenvalue weighted by molar-refractivity contribution is 5.74. The lowest BCUT2D eigenvalue weighted by molar-refractivity contribution is 0.401. The van der Waals surface area contributed by atoms with Gasteiger partial charge in [-0.05, 0) is 50.1 Å². The summed E-state index contributed by atoms with van der Waals surface area (Å²) in [6.07, 6.45) is 6.10. The van der Waals surface area contributed by atoms with E-state index >= 15 is 0 Å². The summed E-state index contributed by atoms with van der Waals surface area (Å²) >= 11 is 0. The molecule has 0 saturated carbocycles. The van der Waals surface area contributed by atoms with E-state index in [9.17, 15) is 15.3 Å². The van der Waals surface area contributed by atoms with Crippen molar-refractivity contribution in [2.24, 2.45) is 0 Å². The molecule has 0 heterocycles. The van der Waals surface area contributed by atoms with Gasteiger partial charge in [-0.25, -0.2) is 0 Å². The van der Waals surface area contributed by atoms with Gasteiger partial charge in [0.2, 0.25) is 0 Å². The minimum absolute atomic E-state index is 0.00703. The summed E-state index contributed by atoms with van der Waals surface area (Å²) in [6, 6.07) is 7.88. The Labute approximate surface area is 142 Å². The molecule has 4 nitrogen and oxygen atoms in total. The number of allylic oxidation sites excluding steroid dienone is 2. The van der Waals surface area contributed by atoms with Gasteiger partial charge < -0.3 is 20.1 Å². The Kier molecular flexibility index (Phi) is 5.53. The van der Waals surface area contributed by atoms with Gasteiger partial charge in [-0.3, -0.25) is 0 Å². The maximum absolute atomic E-state index is 10.3. The zero-order chi connectivity index (χ0) is 17.7. The fraction of sp³-hybridized carbons (Fsp3) is 0.200. The minimum atomic E-state index is -0.0115. The Morgan fingerprint density at radius 1 is 1.00 bits per heavy atom. The number of hydrogen-bond donors (Lipinski definition) is 3. The summed E-state index contributed by atoms with van der Waals surface area (Å²) in [5.74, 6) is 0.777. The molecule has 0 aliphatic rings. The van der Waals surface area contributed by atoms with Crippen LogP contribution in [-0.2, 0) is 6.42 Å². The second-order valence-corrected chi connectivity index (χ2v) is 5.78. The molecule has 3 N–H and O–H groups in total. The monoisotopic (exact) mass is 326 g/mol. The highest BCUT2D eigenvalue weighted by Crippen LogP contribution is 2.32. The third-order valence-corrected chi connectivity index (χ3v) is 3.61. The smallest absolute Gasteiger partial charge is 0.126 e. The average molecular weight is 326 g/mol. The molecule has 0 atom stereocenters. The van der Waals surface area contributed by atoms with Crippen LogP contribution in [-0.4, -0.2) is 22.4 Å². The van der Waals surface area contributed by atoms with Gasteiger partial charge in [0.05, 0.1) is 7.11 Å². The summed E-state index contributed by atoms with van der Waals surface area (Å²) in [5.41, 5.74) is 3.23. The van der Waals surface area contributed by atoms with E-state index in [0.717, 1.165) is 11.1 Å². The van der Waals surface area contributed by atoms with Crippen molar-refractivity contribution in [3.8, 4) is 23.0 Å². The molecule has 4 heteroatoms. The Hall–Kier alpha value is -2.88. The van der Waals surface area contributed by atoms with Gasteiger partial charge in [-0.1, -0.05) is 23.8 Å². The molecule has 0 radical (unpaired) electrons. The summed E-state index contributed by atoms with van der Waals surface area (Å²) in [5, 5.41) is 29.4. The van der Waals surface area contributed by atoms with E-state index in [1.165, 1.54) is 17.7 Å². The SMILES string of the molecule is COc1cc(/C=C/c2ccc(O)cc2O)cc(O)c1CC=C(C)C. The van der Waals surface area contributed by atoms with Crippen molar-refractivity contribution >= 4 is 12.2 Å². The standard InChI is InChI=1S/C20H22O4/c1-13(2)4-9-17-19(23)10-14(11-20(17)24-3)5-6-15-7-8-16(21)12-18(15)22/h4-8,10-12,21-23H,9H2,1-3H3/b6-5+. The Balaban J connectivity index is 2.33. The highest BCUT2D eigenvalue weighted by atomic mass is 16.5. The predicted molar refractivity (Wildman–Crippen MR) is 96.5 cm³/mol. The van der Waals surface area contributed by atoms with Crippen molar-refractivity contribution in [3.63, 3.8) is 0 Å². The second kappa shape index (κ2) is 7.59. The van der Waals surface area contributed by atoms with Crippen LogP contribution in [0.3, 0.4) is 0 Å². The first-order valence-electron chi connectivity index (χ1n) is 7.64. The maximum atomic E-state index is 10.3. The average Bonchev–Trinajstić information content (AvgIpc) is 2.52. The van der Waals surface area contributed by atoms with Gasteiger partial charge in [0, 0.05) is 17.2 Å². The van der Waals surface area contributed by atoms with Crippen LogP contribution >= 0.6 is 0 Å². The fourth-order valence-electron chi connectivity index (χ4n) is 2.30. The summed E-state index contributed by atoms with van der Waals surface area (Å²) in [6.45, 7) is 4.01. The Morgan fingerprint density at radius 3 is 2.38 bits per heavy atom.